The van der Waals surface area contributed by atoms with E-state index < -0.39 is 5.97 Å². The molecule has 1 aliphatic heterocycles. The van der Waals surface area contributed by atoms with Crippen molar-refractivity contribution in [2.75, 3.05) is 25.2 Å². The zero-order chi connectivity index (χ0) is 35.6. The van der Waals surface area contributed by atoms with Gasteiger partial charge in [0.25, 0.3) is 5.91 Å². The molecule has 4 heterocycles. The topological polar surface area (TPSA) is 94.4 Å². The summed E-state index contributed by atoms with van der Waals surface area (Å²) in [6, 6.07) is 13.2. The van der Waals surface area contributed by atoms with Crippen molar-refractivity contribution in [3.05, 3.63) is 98.0 Å². The van der Waals surface area contributed by atoms with Gasteiger partial charge in [-0.1, -0.05) is 29.3 Å². The summed E-state index contributed by atoms with van der Waals surface area (Å²) in [6.07, 6.45) is 3.03. The Balaban J connectivity index is 1.37. The summed E-state index contributed by atoms with van der Waals surface area (Å²) in [5.41, 5.74) is 9.84. The lowest BCUT2D eigenvalue weighted by Gasteiger charge is -2.34. The van der Waals surface area contributed by atoms with Gasteiger partial charge < -0.3 is 23.9 Å². The Morgan fingerprint density at radius 3 is 2.44 bits per heavy atom. The quantitative estimate of drug-likeness (QED) is 0.126. The van der Waals surface area contributed by atoms with Crippen LogP contribution in [0.25, 0.3) is 32.9 Å². The van der Waals surface area contributed by atoms with E-state index >= 15 is 0 Å². The number of nitrogens with zero attached hydrogens (tertiary/aromatic N) is 4. The molecule has 0 radical (unpaired) electrons. The standard InChI is InChI=1S/C39H39Cl2N5O4/c1-20-15-26(16-21(2)35(20)41)50-14-8-9-28-29-10-11-31(40)34(33-23(4)43-44(6)24(33)5)36(29)46-22(3)19-45(38(47)37(28)46)25-17-30(39(48)49-7)27-12-13-42-32(27)18-25/h10-13,15-18,22,42H,8-9,14,19H2,1-7H3/t22-/m1/s1. The third kappa shape index (κ3) is 5.43. The molecule has 9 nitrogen and oxygen atoms in total. The molecule has 0 unspecified atom stereocenters. The number of nitrogens with one attached hydrogen (secondary N) is 1. The number of aromatic amines is 1. The molecule has 0 aliphatic carbocycles. The van der Waals surface area contributed by atoms with Gasteiger partial charge in [0.15, 0.2) is 0 Å². The average molecular weight is 713 g/mol. The van der Waals surface area contributed by atoms with Crippen LogP contribution in [0.5, 0.6) is 5.75 Å². The molecule has 7 rings (SSSR count). The number of carbonyl (C=O) groups excluding carboxylic acids is 2. The number of anilines is 1. The zero-order valence-corrected chi connectivity index (χ0v) is 30.7. The van der Waals surface area contributed by atoms with Gasteiger partial charge >= 0.3 is 5.97 Å². The normalized spacial score (nSPS) is 14.5. The number of aryl methyl sites for hydroxylation is 5. The van der Waals surface area contributed by atoms with Crippen LogP contribution in [-0.2, 0) is 18.2 Å². The monoisotopic (exact) mass is 711 g/mol. The number of carbonyl (C=O) groups is 2. The minimum absolute atomic E-state index is 0.134. The van der Waals surface area contributed by atoms with Gasteiger partial charge in [0.2, 0.25) is 0 Å². The summed E-state index contributed by atoms with van der Waals surface area (Å²) >= 11 is 13.5. The molecule has 50 heavy (non-hydrogen) atoms. The number of halogens is 2. The number of fused-ring (bicyclic) bond motifs is 4. The molecule has 1 atom stereocenters. The van der Waals surface area contributed by atoms with Crippen molar-refractivity contribution in [1.82, 2.24) is 19.3 Å². The lowest BCUT2D eigenvalue weighted by molar-refractivity contribution is 0.0602. The van der Waals surface area contributed by atoms with E-state index in [1.165, 1.54) is 7.11 Å². The second-order valence-corrected chi connectivity index (χ2v) is 14.0. The van der Waals surface area contributed by atoms with Crippen LogP contribution < -0.4 is 9.64 Å². The van der Waals surface area contributed by atoms with Gasteiger partial charge in [-0.2, -0.15) is 5.10 Å². The highest BCUT2D eigenvalue weighted by Gasteiger charge is 2.37. The Morgan fingerprint density at radius 1 is 1.02 bits per heavy atom. The van der Waals surface area contributed by atoms with E-state index in [0.29, 0.717) is 48.0 Å². The van der Waals surface area contributed by atoms with Crippen LogP contribution in [0.15, 0.2) is 48.7 Å². The Kier molecular flexibility index (Phi) is 8.68. The molecule has 1 N–H and O–H groups in total. The van der Waals surface area contributed by atoms with Crippen LogP contribution >= 0.6 is 23.2 Å². The molecule has 0 bridgehead atoms. The first-order valence-electron chi connectivity index (χ1n) is 16.7. The van der Waals surface area contributed by atoms with Gasteiger partial charge in [0.1, 0.15) is 11.4 Å². The molecule has 0 spiro atoms. The minimum atomic E-state index is -0.462. The first kappa shape index (κ1) is 33.8. The van der Waals surface area contributed by atoms with Gasteiger partial charge in [0.05, 0.1) is 35.5 Å². The lowest BCUT2D eigenvalue weighted by Crippen LogP contribution is -2.42. The molecule has 0 saturated carbocycles. The molecule has 6 aromatic rings. The molecule has 0 saturated heterocycles. The van der Waals surface area contributed by atoms with Crippen molar-refractivity contribution in [3.8, 4) is 16.9 Å². The van der Waals surface area contributed by atoms with E-state index in [4.69, 9.17) is 37.8 Å². The van der Waals surface area contributed by atoms with Crippen molar-refractivity contribution in [1.29, 1.82) is 0 Å². The average Bonchev–Trinajstić information content (AvgIpc) is 3.77. The first-order chi connectivity index (χ1) is 23.9. The first-order valence-corrected chi connectivity index (χ1v) is 17.4. The highest BCUT2D eigenvalue weighted by Crippen LogP contribution is 2.45. The number of H-pyrrole nitrogens is 1. The van der Waals surface area contributed by atoms with E-state index in [9.17, 15) is 9.59 Å². The van der Waals surface area contributed by atoms with Crippen LogP contribution in [0.1, 0.15) is 68.3 Å². The van der Waals surface area contributed by atoms with Crippen molar-refractivity contribution >= 4 is 62.6 Å². The Labute approximate surface area is 300 Å². The van der Waals surface area contributed by atoms with Crippen LogP contribution in [0, 0.1) is 27.7 Å². The van der Waals surface area contributed by atoms with Gasteiger partial charge in [0, 0.05) is 69.7 Å². The van der Waals surface area contributed by atoms with E-state index in [-0.39, 0.29) is 11.9 Å². The zero-order valence-electron chi connectivity index (χ0n) is 29.2. The maximum Gasteiger partial charge on any atom is 0.338 e. The van der Waals surface area contributed by atoms with E-state index in [2.05, 4.69) is 16.5 Å². The van der Waals surface area contributed by atoms with Crippen molar-refractivity contribution in [3.63, 3.8) is 0 Å². The van der Waals surface area contributed by atoms with E-state index in [0.717, 1.165) is 71.8 Å². The van der Waals surface area contributed by atoms with Crippen LogP contribution in [-0.4, -0.2) is 51.5 Å². The number of benzene rings is 3. The number of ether oxygens (including phenoxy) is 2. The second kappa shape index (κ2) is 12.9. The number of hydrogen-bond donors (Lipinski definition) is 1. The third-order valence-electron chi connectivity index (χ3n) is 9.93. The van der Waals surface area contributed by atoms with Crippen molar-refractivity contribution in [2.45, 2.75) is 53.5 Å². The minimum Gasteiger partial charge on any atom is -0.494 e. The second-order valence-electron chi connectivity index (χ2n) is 13.2. The fraction of sp³-hybridized carbons (Fsp3) is 0.308. The summed E-state index contributed by atoms with van der Waals surface area (Å²) in [7, 11) is 3.29. The molecule has 0 fully saturated rings. The largest absolute Gasteiger partial charge is 0.494 e. The third-order valence-corrected chi connectivity index (χ3v) is 10.8. The fourth-order valence-corrected chi connectivity index (χ4v) is 7.89. The number of rotatable bonds is 8. The maximum atomic E-state index is 14.9. The molecule has 11 heteroatoms. The molecular weight excluding hydrogens is 673 g/mol. The maximum absolute atomic E-state index is 14.9. The predicted octanol–water partition coefficient (Wildman–Crippen LogP) is 9.08. The number of aromatic nitrogens is 4. The molecule has 1 amide bonds. The number of methoxy groups -OCH3 is 1. The van der Waals surface area contributed by atoms with Gasteiger partial charge in [-0.15, -0.1) is 0 Å². The lowest BCUT2D eigenvalue weighted by atomic mass is 9.98. The number of amides is 1. The van der Waals surface area contributed by atoms with Crippen molar-refractivity contribution < 1.29 is 19.1 Å². The summed E-state index contributed by atoms with van der Waals surface area (Å²) in [4.78, 5) is 32.7. The van der Waals surface area contributed by atoms with Crippen LogP contribution in [0.4, 0.5) is 5.69 Å². The molecule has 3 aromatic carbocycles. The van der Waals surface area contributed by atoms with Gasteiger partial charge in [-0.05, 0) is 101 Å². The predicted molar refractivity (Wildman–Crippen MR) is 199 cm³/mol. The smallest absolute Gasteiger partial charge is 0.338 e. The van der Waals surface area contributed by atoms with E-state index in [1.807, 2.05) is 75.8 Å². The van der Waals surface area contributed by atoms with Crippen LogP contribution in [0.3, 0.4) is 0 Å². The molecular formula is C39H39Cl2N5O4. The number of esters is 1. The Bertz CT molecular complexity index is 2330. The number of hydrogen-bond acceptors (Lipinski definition) is 5. The molecule has 1 aliphatic rings. The molecule has 258 valence electrons. The molecule has 3 aromatic heterocycles. The summed E-state index contributed by atoms with van der Waals surface area (Å²) in [6.45, 7) is 10.9. The van der Waals surface area contributed by atoms with Gasteiger partial charge in [-0.3, -0.25) is 9.48 Å². The van der Waals surface area contributed by atoms with Gasteiger partial charge in [-0.25, -0.2) is 4.79 Å². The summed E-state index contributed by atoms with van der Waals surface area (Å²) in [5.74, 6) is 0.153. The highest BCUT2D eigenvalue weighted by atomic mass is 35.5. The Hall–Kier alpha value is -4.73. The van der Waals surface area contributed by atoms with E-state index in [1.54, 1.807) is 17.2 Å². The van der Waals surface area contributed by atoms with Crippen molar-refractivity contribution in [2.24, 2.45) is 7.05 Å². The fourth-order valence-electron chi connectivity index (χ4n) is 7.54. The summed E-state index contributed by atoms with van der Waals surface area (Å²) < 4.78 is 15.3. The van der Waals surface area contributed by atoms with Crippen LogP contribution in [0.2, 0.25) is 10.0 Å². The Morgan fingerprint density at radius 2 is 1.76 bits per heavy atom. The SMILES string of the molecule is COC(=O)c1cc(N2C[C@@H](C)n3c(c(CCCOc4cc(C)c(Cl)c(C)c4)c4ccc(Cl)c(-c5c(C)nn(C)c5C)c43)C2=O)cc2[nH]ccc12. The highest BCUT2D eigenvalue weighted by molar-refractivity contribution is 6.35. The summed E-state index contributed by atoms with van der Waals surface area (Å²) in [5, 5.41) is 7.75.